The molecule has 3 rings (SSSR count). The number of piperidine rings is 1. The van der Waals surface area contributed by atoms with Crippen molar-refractivity contribution in [2.45, 2.75) is 72.0 Å². The predicted molar refractivity (Wildman–Crippen MR) is 108 cm³/mol. The summed E-state index contributed by atoms with van der Waals surface area (Å²) < 4.78 is 3.26. The fourth-order valence-corrected chi connectivity index (χ4v) is 3.89. The highest BCUT2D eigenvalue weighted by molar-refractivity contribution is 5.93. The molecule has 0 bridgehead atoms. The van der Waals surface area contributed by atoms with Crippen molar-refractivity contribution in [2.75, 3.05) is 11.9 Å². The molecule has 3 heterocycles. The van der Waals surface area contributed by atoms with Crippen molar-refractivity contribution in [3.63, 3.8) is 0 Å². The Bertz CT molecular complexity index is 930. The molecule has 8 nitrogen and oxygen atoms in total. The zero-order valence-corrected chi connectivity index (χ0v) is 16.9. The van der Waals surface area contributed by atoms with Crippen molar-refractivity contribution in [3.05, 3.63) is 22.6 Å². The fourth-order valence-electron chi connectivity index (χ4n) is 3.89. The van der Waals surface area contributed by atoms with Crippen LogP contribution < -0.4 is 11.0 Å². The fraction of sp³-hybridized carbons (Fsp3) is 0.600. The third-order valence-corrected chi connectivity index (χ3v) is 5.45. The van der Waals surface area contributed by atoms with Gasteiger partial charge in [0, 0.05) is 38.5 Å². The summed E-state index contributed by atoms with van der Waals surface area (Å²) in [4.78, 5) is 43.4. The highest BCUT2D eigenvalue weighted by atomic mass is 16.2. The Kier molecular flexibility index (Phi) is 6.16. The van der Waals surface area contributed by atoms with Crippen molar-refractivity contribution in [1.29, 1.82) is 0 Å². The van der Waals surface area contributed by atoms with Gasteiger partial charge in [0.15, 0.2) is 5.65 Å². The number of amides is 2. The topological polar surface area (TPSA) is 89.2 Å². The lowest BCUT2D eigenvalue weighted by molar-refractivity contribution is -0.135. The number of pyridine rings is 1. The number of carbonyl (C=O) groups is 2. The molecular formula is C20H29N5O3. The maximum Gasteiger partial charge on any atom is 0.330 e. The third-order valence-electron chi connectivity index (χ3n) is 5.45. The Hall–Kier alpha value is -2.64. The van der Waals surface area contributed by atoms with E-state index in [2.05, 4.69) is 17.2 Å². The average molecular weight is 387 g/mol. The number of nitrogens with zero attached hydrogens (tertiary/aromatic N) is 4. The molecule has 2 aromatic rings. The summed E-state index contributed by atoms with van der Waals surface area (Å²) in [5, 5.41) is 2.76. The average Bonchev–Trinajstić information content (AvgIpc) is 2.96. The molecule has 152 valence electrons. The molecular weight excluding hydrogens is 358 g/mol. The van der Waals surface area contributed by atoms with E-state index in [0.29, 0.717) is 24.6 Å². The maximum absolute atomic E-state index is 12.4. The van der Waals surface area contributed by atoms with Crippen LogP contribution in [0.2, 0.25) is 0 Å². The summed E-state index contributed by atoms with van der Waals surface area (Å²) in [6, 6.07) is 3.75. The quantitative estimate of drug-likeness (QED) is 0.824. The molecule has 1 aliphatic rings. The largest absolute Gasteiger partial charge is 0.340 e. The highest BCUT2D eigenvalue weighted by Crippen LogP contribution is 2.18. The molecule has 8 heteroatoms. The van der Waals surface area contributed by atoms with Crippen molar-refractivity contribution < 1.29 is 9.59 Å². The second kappa shape index (κ2) is 8.58. The minimum atomic E-state index is -0.245. The third kappa shape index (κ3) is 3.95. The van der Waals surface area contributed by atoms with Crippen LogP contribution in [-0.2, 0) is 22.7 Å². The van der Waals surface area contributed by atoms with Gasteiger partial charge in [-0.3, -0.25) is 18.7 Å². The molecule has 0 saturated carbocycles. The van der Waals surface area contributed by atoms with Gasteiger partial charge in [0.1, 0.15) is 5.82 Å². The summed E-state index contributed by atoms with van der Waals surface area (Å²) in [5.74, 6) is 0.183. The first-order valence-electron chi connectivity index (χ1n) is 10.2. The van der Waals surface area contributed by atoms with E-state index in [0.717, 1.165) is 31.3 Å². The van der Waals surface area contributed by atoms with Crippen LogP contribution in [0.1, 0.15) is 52.9 Å². The first kappa shape index (κ1) is 20.1. The van der Waals surface area contributed by atoms with Gasteiger partial charge in [0.05, 0.1) is 5.52 Å². The number of imidazole rings is 1. The Balaban J connectivity index is 1.66. The minimum Gasteiger partial charge on any atom is -0.340 e. The normalized spacial score (nSPS) is 17.1. The van der Waals surface area contributed by atoms with Gasteiger partial charge in [-0.25, -0.2) is 9.78 Å². The minimum absolute atomic E-state index is 0.0330. The van der Waals surface area contributed by atoms with Crippen LogP contribution in [0, 0.1) is 0 Å². The van der Waals surface area contributed by atoms with Crippen LogP contribution in [0.5, 0.6) is 0 Å². The van der Waals surface area contributed by atoms with E-state index in [-0.39, 0.29) is 36.4 Å². The molecule has 1 unspecified atom stereocenters. The van der Waals surface area contributed by atoms with E-state index in [1.165, 1.54) is 0 Å². The van der Waals surface area contributed by atoms with Gasteiger partial charge in [-0.2, -0.15) is 0 Å². The van der Waals surface area contributed by atoms with Crippen LogP contribution >= 0.6 is 0 Å². The van der Waals surface area contributed by atoms with Crippen molar-refractivity contribution in [1.82, 2.24) is 19.0 Å². The van der Waals surface area contributed by atoms with E-state index in [4.69, 9.17) is 0 Å². The molecule has 1 atom stereocenters. The highest BCUT2D eigenvalue weighted by Gasteiger charge is 2.23. The van der Waals surface area contributed by atoms with E-state index in [1.807, 2.05) is 18.7 Å². The Labute approximate surface area is 164 Å². The van der Waals surface area contributed by atoms with E-state index in [1.54, 1.807) is 21.3 Å². The molecule has 2 aromatic heterocycles. The number of hydrogen-bond donors (Lipinski definition) is 1. The van der Waals surface area contributed by atoms with Gasteiger partial charge in [0.25, 0.3) is 0 Å². The van der Waals surface area contributed by atoms with Gasteiger partial charge in [0.2, 0.25) is 11.8 Å². The Morgan fingerprint density at radius 1 is 1.14 bits per heavy atom. The van der Waals surface area contributed by atoms with Gasteiger partial charge < -0.3 is 10.2 Å². The molecule has 1 fully saturated rings. The first-order valence-corrected chi connectivity index (χ1v) is 10.2. The number of aromatic nitrogens is 3. The second-order valence-corrected chi connectivity index (χ2v) is 7.29. The standard InChI is InChI=1S/C20H29N5O3/c1-4-23-15-9-10-16(22-19(15)24(5-2)20(23)28)21-17(26)11-12-18(27)25-13-7-6-8-14(25)3/h9-10,14H,4-8,11-13H2,1-3H3,(H,21,22,26). The Morgan fingerprint density at radius 3 is 2.57 bits per heavy atom. The number of nitrogens with one attached hydrogen (secondary N) is 1. The van der Waals surface area contributed by atoms with Crippen LogP contribution in [0.4, 0.5) is 5.82 Å². The van der Waals surface area contributed by atoms with Crippen LogP contribution in [0.3, 0.4) is 0 Å². The number of fused-ring (bicyclic) bond motifs is 1. The number of likely N-dealkylation sites (tertiary alicyclic amines) is 1. The predicted octanol–water partition coefficient (Wildman–Crippen LogP) is 2.36. The zero-order valence-electron chi connectivity index (χ0n) is 16.9. The van der Waals surface area contributed by atoms with Gasteiger partial charge in [-0.15, -0.1) is 0 Å². The van der Waals surface area contributed by atoms with Gasteiger partial charge in [-0.05, 0) is 52.2 Å². The summed E-state index contributed by atoms with van der Waals surface area (Å²) in [6.07, 6.45) is 3.53. The van der Waals surface area contributed by atoms with Crippen LogP contribution in [0.25, 0.3) is 11.2 Å². The molecule has 1 aliphatic heterocycles. The number of hydrogen-bond acceptors (Lipinski definition) is 4. The van der Waals surface area contributed by atoms with E-state index >= 15 is 0 Å². The second-order valence-electron chi connectivity index (χ2n) is 7.29. The van der Waals surface area contributed by atoms with Crippen LogP contribution in [0.15, 0.2) is 16.9 Å². The lowest BCUT2D eigenvalue weighted by atomic mass is 10.0. The van der Waals surface area contributed by atoms with Crippen LogP contribution in [-0.4, -0.2) is 43.4 Å². The van der Waals surface area contributed by atoms with E-state index in [9.17, 15) is 14.4 Å². The smallest absolute Gasteiger partial charge is 0.330 e. The monoisotopic (exact) mass is 387 g/mol. The first-order chi connectivity index (χ1) is 13.5. The molecule has 1 saturated heterocycles. The van der Waals surface area contributed by atoms with Gasteiger partial charge in [-0.1, -0.05) is 0 Å². The molecule has 0 aromatic carbocycles. The summed E-state index contributed by atoms with van der Waals surface area (Å²) >= 11 is 0. The number of rotatable bonds is 6. The molecule has 28 heavy (non-hydrogen) atoms. The van der Waals surface area contributed by atoms with Gasteiger partial charge >= 0.3 is 5.69 Å². The lowest BCUT2D eigenvalue weighted by Gasteiger charge is -2.33. The Morgan fingerprint density at radius 2 is 1.89 bits per heavy atom. The van der Waals surface area contributed by atoms with Crippen molar-refractivity contribution in [2.24, 2.45) is 0 Å². The number of carbonyl (C=O) groups excluding carboxylic acids is 2. The molecule has 0 aliphatic carbocycles. The van der Waals surface area contributed by atoms with Crippen molar-refractivity contribution >= 4 is 28.8 Å². The zero-order chi connectivity index (χ0) is 20.3. The molecule has 0 radical (unpaired) electrons. The number of anilines is 1. The summed E-state index contributed by atoms with van der Waals surface area (Å²) in [5.41, 5.74) is 1.21. The molecule has 1 N–H and O–H groups in total. The summed E-state index contributed by atoms with van der Waals surface area (Å²) in [6.45, 7) is 7.72. The molecule has 2 amide bonds. The molecule has 0 spiro atoms. The lowest BCUT2D eigenvalue weighted by Crippen LogP contribution is -2.42. The van der Waals surface area contributed by atoms with E-state index < -0.39 is 0 Å². The summed E-state index contributed by atoms with van der Waals surface area (Å²) in [7, 11) is 0. The maximum atomic E-state index is 12.4. The SMILES string of the molecule is CCn1c(=O)n(CC)c2nc(NC(=O)CCC(=O)N3CCCCC3C)ccc21. The number of aryl methyl sites for hydroxylation is 2. The van der Waals surface area contributed by atoms with Crippen molar-refractivity contribution in [3.8, 4) is 0 Å².